The van der Waals surface area contributed by atoms with E-state index in [4.69, 9.17) is 5.73 Å². The van der Waals surface area contributed by atoms with Crippen molar-refractivity contribution in [3.8, 4) is 0 Å². The average molecular weight is 378 g/mol. The maximum Gasteiger partial charge on any atom is 0.416 e. The molecule has 0 saturated carbocycles. The van der Waals surface area contributed by atoms with E-state index >= 15 is 0 Å². The summed E-state index contributed by atoms with van der Waals surface area (Å²) < 4.78 is 101. The van der Waals surface area contributed by atoms with Crippen LogP contribution in [-0.4, -0.2) is 32.2 Å². The van der Waals surface area contributed by atoms with Gasteiger partial charge in [-0.3, -0.25) is 4.79 Å². The molecule has 0 aromatic heterocycles. The fourth-order valence-electron chi connectivity index (χ4n) is 1.79. The number of amides is 1. The zero-order valence-corrected chi connectivity index (χ0v) is 12.9. The van der Waals surface area contributed by atoms with Crippen molar-refractivity contribution in [2.75, 3.05) is 13.6 Å². The lowest BCUT2D eigenvalue weighted by Crippen LogP contribution is -2.36. The van der Waals surface area contributed by atoms with Crippen molar-refractivity contribution >= 4 is 15.9 Å². The second kappa shape index (κ2) is 6.59. The van der Waals surface area contributed by atoms with Crippen LogP contribution in [0.4, 0.5) is 26.3 Å². The van der Waals surface area contributed by atoms with Gasteiger partial charge in [0.2, 0.25) is 15.9 Å². The van der Waals surface area contributed by atoms with E-state index in [1.54, 1.807) is 0 Å². The number of rotatable bonds is 5. The van der Waals surface area contributed by atoms with Gasteiger partial charge < -0.3 is 5.73 Å². The van der Waals surface area contributed by atoms with Crippen molar-refractivity contribution < 1.29 is 39.6 Å². The standard InChI is InChI=1S/C12H12F6N2O3S/c1-20(5-10(19)21)24(22,23)6-7-4-8(11(13,14)15)2-3-9(7)12(16,17)18/h2-4H,5-6H2,1H3,(H2,19,21). The fraction of sp³-hybridized carbons (Fsp3) is 0.417. The maximum absolute atomic E-state index is 12.9. The summed E-state index contributed by atoms with van der Waals surface area (Å²) >= 11 is 0. The minimum atomic E-state index is -5.04. The number of primary amides is 1. The minimum Gasteiger partial charge on any atom is -0.369 e. The Hall–Kier alpha value is -1.82. The van der Waals surface area contributed by atoms with Gasteiger partial charge in [0.1, 0.15) is 0 Å². The number of carbonyl (C=O) groups is 1. The second-order valence-corrected chi connectivity index (χ2v) is 6.92. The number of carbonyl (C=O) groups excluding carboxylic acids is 1. The number of alkyl halides is 6. The molecule has 2 N–H and O–H groups in total. The molecule has 0 aliphatic heterocycles. The van der Waals surface area contributed by atoms with Crippen LogP contribution in [0.15, 0.2) is 18.2 Å². The van der Waals surface area contributed by atoms with Gasteiger partial charge in [-0.15, -0.1) is 0 Å². The number of hydrogen-bond donors (Lipinski definition) is 1. The molecule has 0 radical (unpaired) electrons. The Morgan fingerprint density at radius 1 is 1.12 bits per heavy atom. The molecule has 0 aliphatic rings. The first-order valence-electron chi connectivity index (χ1n) is 6.14. The molecule has 0 spiro atoms. The van der Waals surface area contributed by atoms with Crippen molar-refractivity contribution in [2.45, 2.75) is 18.1 Å². The van der Waals surface area contributed by atoms with Gasteiger partial charge >= 0.3 is 12.4 Å². The lowest BCUT2D eigenvalue weighted by atomic mass is 10.0. The normalized spacial score (nSPS) is 13.3. The van der Waals surface area contributed by atoms with Gasteiger partial charge in [0.25, 0.3) is 0 Å². The van der Waals surface area contributed by atoms with E-state index in [0.717, 1.165) is 7.05 Å². The van der Waals surface area contributed by atoms with Crippen molar-refractivity contribution in [1.82, 2.24) is 4.31 Å². The van der Waals surface area contributed by atoms with Crippen molar-refractivity contribution in [2.24, 2.45) is 5.73 Å². The summed E-state index contributed by atoms with van der Waals surface area (Å²) in [6, 6.07) is 0.506. The van der Waals surface area contributed by atoms with E-state index in [2.05, 4.69) is 0 Å². The highest BCUT2D eigenvalue weighted by atomic mass is 32.2. The summed E-state index contributed by atoms with van der Waals surface area (Å²) in [5.74, 6) is -2.43. The highest BCUT2D eigenvalue weighted by Crippen LogP contribution is 2.37. The Morgan fingerprint density at radius 3 is 2.08 bits per heavy atom. The molecule has 5 nitrogen and oxygen atoms in total. The molecule has 0 atom stereocenters. The largest absolute Gasteiger partial charge is 0.416 e. The highest BCUT2D eigenvalue weighted by Gasteiger charge is 2.38. The molecule has 1 rings (SSSR count). The Labute approximate surface area is 133 Å². The van der Waals surface area contributed by atoms with Gasteiger partial charge in [-0.2, -0.15) is 30.6 Å². The fourth-order valence-corrected chi connectivity index (χ4v) is 2.97. The molecule has 0 heterocycles. The molecule has 1 aromatic carbocycles. The van der Waals surface area contributed by atoms with Crippen molar-refractivity contribution in [3.05, 3.63) is 34.9 Å². The smallest absolute Gasteiger partial charge is 0.369 e. The van der Waals surface area contributed by atoms with Gasteiger partial charge in [0.05, 0.1) is 23.4 Å². The third kappa shape index (κ3) is 5.09. The van der Waals surface area contributed by atoms with E-state index < -0.39 is 57.3 Å². The van der Waals surface area contributed by atoms with Gasteiger partial charge in [-0.25, -0.2) is 8.42 Å². The highest BCUT2D eigenvalue weighted by molar-refractivity contribution is 7.88. The summed E-state index contributed by atoms with van der Waals surface area (Å²) in [6.07, 6.45) is -9.99. The SMILES string of the molecule is CN(CC(N)=O)S(=O)(=O)Cc1cc(C(F)(F)F)ccc1C(F)(F)F. The van der Waals surface area contributed by atoms with E-state index in [0.29, 0.717) is 4.31 Å². The predicted molar refractivity (Wildman–Crippen MR) is 70.9 cm³/mol. The zero-order valence-electron chi connectivity index (χ0n) is 12.1. The van der Waals surface area contributed by atoms with Crippen LogP contribution in [-0.2, 0) is 32.9 Å². The zero-order chi connectivity index (χ0) is 18.9. The van der Waals surface area contributed by atoms with Gasteiger partial charge in [0.15, 0.2) is 0 Å². The average Bonchev–Trinajstić information content (AvgIpc) is 2.34. The summed E-state index contributed by atoms with van der Waals surface area (Å²) in [5, 5.41) is 0. The molecule has 0 aliphatic carbocycles. The quantitative estimate of drug-likeness (QED) is 0.796. The Balaban J connectivity index is 3.36. The number of sulfonamides is 1. The van der Waals surface area contributed by atoms with Gasteiger partial charge in [-0.1, -0.05) is 0 Å². The predicted octanol–water partition coefficient (Wildman–Crippen LogP) is 1.97. The number of nitrogens with zero attached hydrogens (tertiary/aromatic N) is 1. The van der Waals surface area contributed by atoms with Crippen molar-refractivity contribution in [1.29, 1.82) is 0 Å². The molecule has 1 aromatic rings. The summed E-state index contributed by atoms with van der Waals surface area (Å²) in [5.41, 5.74) is 0.789. The number of halogens is 6. The molecule has 136 valence electrons. The van der Waals surface area contributed by atoms with Crippen molar-refractivity contribution in [3.63, 3.8) is 0 Å². The van der Waals surface area contributed by atoms with E-state index in [9.17, 15) is 39.6 Å². The lowest BCUT2D eigenvalue weighted by molar-refractivity contribution is -0.141. The van der Waals surface area contributed by atoms with Gasteiger partial charge in [-0.05, 0) is 23.8 Å². The van der Waals surface area contributed by atoms with Crippen LogP contribution in [0.3, 0.4) is 0 Å². The first-order valence-corrected chi connectivity index (χ1v) is 7.75. The van der Waals surface area contributed by atoms with Crippen LogP contribution in [0.25, 0.3) is 0 Å². The molecule has 12 heteroatoms. The number of nitrogens with two attached hydrogens (primary N) is 1. The molecule has 0 bridgehead atoms. The topological polar surface area (TPSA) is 80.5 Å². The lowest BCUT2D eigenvalue weighted by Gasteiger charge is -2.19. The molecule has 24 heavy (non-hydrogen) atoms. The third-order valence-electron chi connectivity index (χ3n) is 2.93. The molecule has 0 unspecified atom stereocenters. The number of likely N-dealkylation sites (N-methyl/N-ethyl adjacent to an activating group) is 1. The summed E-state index contributed by atoms with van der Waals surface area (Å²) in [7, 11) is -3.61. The monoisotopic (exact) mass is 378 g/mol. The minimum absolute atomic E-state index is 0.123. The maximum atomic E-state index is 12.9. The Morgan fingerprint density at radius 2 is 1.67 bits per heavy atom. The second-order valence-electron chi connectivity index (χ2n) is 4.85. The Bertz CT molecular complexity index is 727. The Kier molecular flexibility index (Phi) is 5.55. The molecule has 0 fully saturated rings. The first kappa shape index (κ1) is 20.2. The van der Waals surface area contributed by atoms with Crippen LogP contribution in [0.5, 0.6) is 0 Å². The summed E-state index contributed by atoms with van der Waals surface area (Å²) in [4.78, 5) is 10.7. The summed E-state index contributed by atoms with van der Waals surface area (Å²) in [6.45, 7) is -0.817. The van der Waals surface area contributed by atoms with Crippen LogP contribution in [0.2, 0.25) is 0 Å². The number of benzene rings is 1. The molecule has 1 amide bonds. The van der Waals surface area contributed by atoms with Crippen LogP contribution in [0.1, 0.15) is 16.7 Å². The van der Waals surface area contributed by atoms with Crippen LogP contribution < -0.4 is 5.73 Å². The number of hydrogen-bond acceptors (Lipinski definition) is 3. The molecule has 0 saturated heterocycles. The molecular formula is C12H12F6N2O3S. The van der Waals surface area contributed by atoms with E-state index in [1.807, 2.05) is 0 Å². The van der Waals surface area contributed by atoms with Crippen LogP contribution in [0, 0.1) is 0 Å². The first-order chi connectivity index (χ1) is 10.6. The van der Waals surface area contributed by atoms with Gasteiger partial charge in [0, 0.05) is 7.05 Å². The van der Waals surface area contributed by atoms with E-state index in [1.165, 1.54) is 0 Å². The van der Waals surface area contributed by atoms with E-state index in [-0.39, 0.29) is 18.2 Å². The third-order valence-corrected chi connectivity index (χ3v) is 4.68. The van der Waals surface area contributed by atoms with Crippen LogP contribution >= 0.6 is 0 Å². The molecular weight excluding hydrogens is 366 g/mol.